The molecule has 1 aromatic carbocycles. The fraction of sp³-hybridized carbons (Fsp3) is 0.692. The van der Waals surface area contributed by atoms with Crippen LogP contribution in [0.3, 0.4) is 0 Å². The predicted octanol–water partition coefficient (Wildman–Crippen LogP) is 6.12. The summed E-state index contributed by atoms with van der Waals surface area (Å²) in [6.45, 7) is 3.63. The van der Waals surface area contributed by atoms with Gasteiger partial charge in [0, 0.05) is 6.42 Å². The van der Waals surface area contributed by atoms with Crippen LogP contribution in [0.1, 0.15) is 89.2 Å². The molecule has 0 amide bonds. The Morgan fingerprint density at radius 2 is 1.68 bits per heavy atom. The quantitative estimate of drug-likeness (QED) is 0.411. The van der Waals surface area contributed by atoms with E-state index in [1.54, 1.807) is 6.92 Å². The third kappa shape index (κ3) is 8.19. The second-order valence-corrected chi connectivity index (χ2v) is 9.05. The molecule has 1 saturated carbocycles. The first-order chi connectivity index (χ1) is 15.0. The van der Waals surface area contributed by atoms with Crippen molar-refractivity contribution in [3.05, 3.63) is 29.3 Å². The van der Waals surface area contributed by atoms with Gasteiger partial charge in [-0.05, 0) is 60.6 Å². The Hall–Kier alpha value is -2.04. The molecule has 0 heterocycles. The van der Waals surface area contributed by atoms with Crippen LogP contribution in [0.4, 0.5) is 0 Å². The van der Waals surface area contributed by atoms with Gasteiger partial charge in [-0.2, -0.15) is 0 Å². The van der Waals surface area contributed by atoms with Crippen LogP contribution in [0.2, 0.25) is 0 Å². The average molecular weight is 433 g/mol. The number of hydrogen-bond acceptors (Lipinski definition) is 3. The van der Waals surface area contributed by atoms with Crippen LogP contribution >= 0.6 is 0 Å². The number of hydrogen-bond donors (Lipinski definition) is 2. The van der Waals surface area contributed by atoms with Crippen molar-refractivity contribution in [2.24, 2.45) is 17.8 Å². The molecule has 5 heteroatoms. The monoisotopic (exact) mass is 432 g/mol. The number of unbranched alkanes of at least 4 members (excludes halogenated alkanes) is 5. The van der Waals surface area contributed by atoms with Crippen molar-refractivity contribution < 1.29 is 24.5 Å². The second-order valence-electron chi connectivity index (χ2n) is 9.05. The fourth-order valence-corrected chi connectivity index (χ4v) is 5.20. The molecule has 31 heavy (non-hydrogen) atoms. The highest BCUT2D eigenvalue weighted by Gasteiger charge is 2.39. The standard InChI is InChI=1S/C23H34O3.C3H6O2/c1-2-3-4-5-6-7-9-17-12-13-19-15-21-18(14-20(17)19)10-8-11-22(21)26-16-23(24)25;1-2-3(4)5/h8,10-11,17,19-20H,2-7,9,12-16H2,1H3,(H,24,25);2H2,1H3,(H,4,5)/t17?,19-,20-;/m1./s1. The summed E-state index contributed by atoms with van der Waals surface area (Å²) in [5.41, 5.74) is 2.67. The number of carboxylic acid groups (broad SMARTS) is 2. The molecule has 0 aromatic heterocycles. The van der Waals surface area contributed by atoms with E-state index in [1.807, 2.05) is 12.1 Å². The Kier molecular flexibility index (Phi) is 10.9. The van der Waals surface area contributed by atoms with E-state index in [2.05, 4.69) is 13.0 Å². The molecule has 0 radical (unpaired) electrons. The number of ether oxygens (including phenoxy) is 1. The zero-order valence-electron chi connectivity index (χ0n) is 19.3. The van der Waals surface area contributed by atoms with E-state index in [0.717, 1.165) is 36.3 Å². The minimum Gasteiger partial charge on any atom is -0.482 e. The molecule has 3 rings (SSSR count). The van der Waals surface area contributed by atoms with Gasteiger partial charge in [-0.3, -0.25) is 4.79 Å². The number of benzene rings is 1. The normalized spacial score (nSPS) is 21.4. The van der Waals surface area contributed by atoms with Crippen molar-refractivity contribution in [1.82, 2.24) is 0 Å². The summed E-state index contributed by atoms with van der Waals surface area (Å²) in [7, 11) is 0. The van der Waals surface area contributed by atoms with E-state index in [1.165, 1.54) is 68.9 Å². The minimum atomic E-state index is -0.906. The van der Waals surface area contributed by atoms with Gasteiger partial charge in [0.25, 0.3) is 0 Å². The summed E-state index contributed by atoms with van der Waals surface area (Å²) in [5.74, 6) is 1.63. The first kappa shape index (κ1) is 25.2. The molecule has 5 nitrogen and oxygen atoms in total. The van der Waals surface area contributed by atoms with Crippen LogP contribution < -0.4 is 4.74 Å². The lowest BCUT2D eigenvalue weighted by atomic mass is 9.73. The first-order valence-electron chi connectivity index (χ1n) is 12.1. The molecule has 1 fully saturated rings. The Morgan fingerprint density at radius 1 is 0.968 bits per heavy atom. The zero-order chi connectivity index (χ0) is 22.6. The molecular weight excluding hydrogens is 392 g/mol. The second kappa shape index (κ2) is 13.4. The van der Waals surface area contributed by atoms with Crippen LogP contribution in [-0.4, -0.2) is 28.8 Å². The van der Waals surface area contributed by atoms with Gasteiger partial charge in [-0.15, -0.1) is 0 Å². The molecule has 2 aliphatic rings. The summed E-state index contributed by atoms with van der Waals surface area (Å²) >= 11 is 0. The predicted molar refractivity (Wildman–Crippen MR) is 123 cm³/mol. The van der Waals surface area contributed by atoms with Gasteiger partial charge in [0.15, 0.2) is 6.61 Å². The van der Waals surface area contributed by atoms with Crippen molar-refractivity contribution in [1.29, 1.82) is 0 Å². The van der Waals surface area contributed by atoms with Gasteiger partial charge in [0.1, 0.15) is 5.75 Å². The molecule has 1 aromatic rings. The first-order valence-corrected chi connectivity index (χ1v) is 12.1. The van der Waals surface area contributed by atoms with Gasteiger partial charge in [-0.1, -0.05) is 70.9 Å². The molecule has 2 aliphatic carbocycles. The Balaban J connectivity index is 0.000000614. The van der Waals surface area contributed by atoms with Crippen LogP contribution in [0.15, 0.2) is 18.2 Å². The van der Waals surface area contributed by atoms with Gasteiger partial charge in [-0.25, -0.2) is 4.79 Å². The van der Waals surface area contributed by atoms with Gasteiger partial charge < -0.3 is 14.9 Å². The van der Waals surface area contributed by atoms with Crippen molar-refractivity contribution >= 4 is 11.9 Å². The minimum absolute atomic E-state index is 0.222. The molecule has 174 valence electrons. The molecule has 0 aliphatic heterocycles. The smallest absolute Gasteiger partial charge is 0.341 e. The van der Waals surface area contributed by atoms with Gasteiger partial charge in [0.05, 0.1) is 0 Å². The maximum absolute atomic E-state index is 10.8. The molecule has 0 spiro atoms. The molecule has 1 unspecified atom stereocenters. The summed E-state index contributed by atoms with van der Waals surface area (Å²) in [6, 6.07) is 6.18. The number of fused-ring (bicyclic) bond motifs is 2. The maximum atomic E-state index is 10.8. The average Bonchev–Trinajstić information content (AvgIpc) is 3.15. The lowest BCUT2D eigenvalue weighted by Crippen LogP contribution is -2.26. The summed E-state index contributed by atoms with van der Waals surface area (Å²) in [5, 5.41) is 16.6. The van der Waals surface area contributed by atoms with Crippen molar-refractivity contribution in [3.8, 4) is 5.75 Å². The van der Waals surface area contributed by atoms with E-state index in [9.17, 15) is 9.59 Å². The van der Waals surface area contributed by atoms with Crippen molar-refractivity contribution in [2.45, 2.75) is 90.9 Å². The van der Waals surface area contributed by atoms with E-state index >= 15 is 0 Å². The van der Waals surface area contributed by atoms with Crippen molar-refractivity contribution in [2.75, 3.05) is 6.61 Å². The molecule has 0 saturated heterocycles. The number of aliphatic carboxylic acids is 2. The molecule has 2 N–H and O–H groups in total. The summed E-state index contributed by atoms with van der Waals surface area (Å²) in [6.07, 6.45) is 14.9. The van der Waals surface area contributed by atoms with Gasteiger partial charge >= 0.3 is 11.9 Å². The number of carboxylic acids is 2. The Morgan fingerprint density at radius 3 is 2.35 bits per heavy atom. The van der Waals surface area contributed by atoms with E-state index < -0.39 is 11.9 Å². The van der Waals surface area contributed by atoms with Crippen LogP contribution in [0.5, 0.6) is 5.75 Å². The highest BCUT2D eigenvalue weighted by molar-refractivity contribution is 5.68. The largest absolute Gasteiger partial charge is 0.482 e. The molecule has 3 atom stereocenters. The number of carbonyl (C=O) groups is 2. The highest BCUT2D eigenvalue weighted by Crippen LogP contribution is 2.48. The molecule has 0 bridgehead atoms. The van der Waals surface area contributed by atoms with E-state index in [0.29, 0.717) is 0 Å². The fourth-order valence-electron chi connectivity index (χ4n) is 5.20. The lowest BCUT2D eigenvalue weighted by molar-refractivity contribution is -0.139. The van der Waals surface area contributed by atoms with Crippen LogP contribution in [-0.2, 0) is 22.4 Å². The lowest BCUT2D eigenvalue weighted by Gasteiger charge is -2.32. The summed E-state index contributed by atoms with van der Waals surface area (Å²) in [4.78, 5) is 20.2. The third-order valence-corrected chi connectivity index (χ3v) is 6.85. The topological polar surface area (TPSA) is 83.8 Å². The van der Waals surface area contributed by atoms with Gasteiger partial charge in [0.2, 0.25) is 0 Å². The number of rotatable bonds is 11. The zero-order valence-corrected chi connectivity index (χ0v) is 19.3. The Bertz CT molecular complexity index is 699. The van der Waals surface area contributed by atoms with Crippen LogP contribution in [0, 0.1) is 17.8 Å². The van der Waals surface area contributed by atoms with E-state index in [-0.39, 0.29) is 13.0 Å². The van der Waals surface area contributed by atoms with Crippen molar-refractivity contribution in [3.63, 3.8) is 0 Å². The Labute approximate surface area is 187 Å². The molecular formula is C26H40O5. The highest BCUT2D eigenvalue weighted by atomic mass is 16.5. The third-order valence-electron chi connectivity index (χ3n) is 6.85. The summed E-state index contributed by atoms with van der Waals surface area (Å²) < 4.78 is 5.55. The maximum Gasteiger partial charge on any atom is 0.341 e. The van der Waals surface area contributed by atoms with E-state index in [4.69, 9.17) is 14.9 Å². The van der Waals surface area contributed by atoms with Crippen LogP contribution in [0.25, 0.3) is 0 Å². The SMILES string of the molecule is CCC(=O)O.CCCCCCCCC1CC[C@@H]2Cc3c(cccc3OCC(=O)O)C[C@H]12.